The van der Waals surface area contributed by atoms with Crippen molar-refractivity contribution in [1.29, 1.82) is 0 Å². The monoisotopic (exact) mass is 187 g/mol. The first-order valence-electron chi connectivity index (χ1n) is 4.13. The van der Waals surface area contributed by atoms with Crippen LogP contribution in [-0.4, -0.2) is 20.6 Å². The number of nitrogens with zero attached hydrogens (tertiary/aromatic N) is 3. The van der Waals surface area contributed by atoms with Crippen LogP contribution < -0.4 is 0 Å². The Kier molecular flexibility index (Phi) is 3.53. The third-order valence-corrected chi connectivity index (χ3v) is 2.46. The van der Waals surface area contributed by atoms with E-state index >= 15 is 0 Å². The average Bonchev–Trinajstić information content (AvgIpc) is 2.47. The van der Waals surface area contributed by atoms with Gasteiger partial charge in [-0.25, -0.2) is 4.98 Å². The predicted molar refractivity (Wildman–Crippen MR) is 49.2 cm³/mol. The van der Waals surface area contributed by atoms with Crippen molar-refractivity contribution >= 4 is 11.6 Å². The molecule has 0 N–H and O–H groups in total. The summed E-state index contributed by atoms with van der Waals surface area (Å²) in [5, 5.41) is 3.99. The van der Waals surface area contributed by atoms with Gasteiger partial charge in [-0.2, -0.15) is 5.10 Å². The molecule has 0 spiro atoms. The summed E-state index contributed by atoms with van der Waals surface area (Å²) in [6, 6.07) is 0. The number of hydrogen-bond donors (Lipinski definition) is 0. The molecule has 0 aromatic carbocycles. The molecule has 0 bridgehead atoms. The molecule has 68 valence electrons. The Hall–Kier alpha value is -0.570. The molecule has 0 fully saturated rings. The Morgan fingerprint density at radius 1 is 1.67 bits per heavy atom. The van der Waals surface area contributed by atoms with Crippen LogP contribution in [0, 0.1) is 5.92 Å². The van der Waals surface area contributed by atoms with Crippen LogP contribution in [0.25, 0.3) is 0 Å². The smallest absolute Gasteiger partial charge is 0.138 e. The first kappa shape index (κ1) is 9.52. The second-order valence-electron chi connectivity index (χ2n) is 3.10. The van der Waals surface area contributed by atoms with Gasteiger partial charge in [-0.1, -0.05) is 6.92 Å². The highest BCUT2D eigenvalue weighted by Crippen LogP contribution is 2.07. The number of hydrogen-bond acceptors (Lipinski definition) is 2. The van der Waals surface area contributed by atoms with Crippen LogP contribution in [0.2, 0.25) is 0 Å². The summed E-state index contributed by atoms with van der Waals surface area (Å²) in [6.45, 7) is 2.14. The van der Waals surface area contributed by atoms with Crippen LogP contribution in [0.3, 0.4) is 0 Å². The second kappa shape index (κ2) is 4.45. The number of aromatic nitrogens is 3. The van der Waals surface area contributed by atoms with Gasteiger partial charge >= 0.3 is 0 Å². The Bertz CT molecular complexity index is 234. The molecule has 0 aliphatic heterocycles. The van der Waals surface area contributed by atoms with E-state index in [9.17, 15) is 0 Å². The first-order valence-corrected chi connectivity index (χ1v) is 4.66. The molecule has 12 heavy (non-hydrogen) atoms. The summed E-state index contributed by atoms with van der Waals surface area (Å²) >= 11 is 5.69. The maximum atomic E-state index is 5.69. The molecule has 3 nitrogen and oxygen atoms in total. The van der Waals surface area contributed by atoms with Crippen LogP contribution in [0.4, 0.5) is 0 Å². The highest BCUT2D eigenvalue weighted by molar-refractivity contribution is 6.18. The van der Waals surface area contributed by atoms with E-state index in [0.29, 0.717) is 5.92 Å². The third kappa shape index (κ3) is 2.48. The van der Waals surface area contributed by atoms with Gasteiger partial charge in [0.1, 0.15) is 12.2 Å². The van der Waals surface area contributed by atoms with Gasteiger partial charge in [0.15, 0.2) is 0 Å². The Morgan fingerprint density at radius 2 is 2.42 bits per heavy atom. The topological polar surface area (TPSA) is 30.7 Å². The summed E-state index contributed by atoms with van der Waals surface area (Å²) in [4.78, 5) is 4.13. The highest BCUT2D eigenvalue weighted by atomic mass is 35.5. The lowest BCUT2D eigenvalue weighted by Crippen LogP contribution is -2.04. The van der Waals surface area contributed by atoms with Gasteiger partial charge in [0.2, 0.25) is 0 Å². The minimum atomic E-state index is 0.559. The van der Waals surface area contributed by atoms with Crippen LogP contribution in [-0.2, 0) is 13.5 Å². The van der Waals surface area contributed by atoms with Crippen molar-refractivity contribution in [1.82, 2.24) is 14.8 Å². The van der Waals surface area contributed by atoms with E-state index in [1.54, 1.807) is 11.0 Å². The number of rotatable bonds is 4. The first-order chi connectivity index (χ1) is 5.74. The van der Waals surface area contributed by atoms with Gasteiger partial charge in [-0.05, 0) is 12.3 Å². The van der Waals surface area contributed by atoms with Crippen molar-refractivity contribution in [2.24, 2.45) is 13.0 Å². The maximum absolute atomic E-state index is 5.69. The van der Waals surface area contributed by atoms with Crippen LogP contribution in [0.1, 0.15) is 19.2 Å². The maximum Gasteiger partial charge on any atom is 0.138 e. The standard InChI is InChI=1S/C8H14ClN3/c1-7(5-9)3-4-8-10-6-11-12(8)2/h6-7H,3-5H2,1-2H3. The molecular formula is C8H14ClN3. The Morgan fingerprint density at radius 3 is 2.92 bits per heavy atom. The predicted octanol–water partition coefficient (Wildman–Crippen LogP) is 1.62. The molecule has 0 aliphatic carbocycles. The molecule has 1 aromatic rings. The lowest BCUT2D eigenvalue weighted by atomic mass is 10.1. The number of alkyl halides is 1. The summed E-state index contributed by atoms with van der Waals surface area (Å²) in [5.41, 5.74) is 0. The Labute approximate surface area is 77.8 Å². The quantitative estimate of drug-likeness (QED) is 0.671. The van der Waals surface area contributed by atoms with Crippen molar-refractivity contribution < 1.29 is 0 Å². The third-order valence-electron chi connectivity index (χ3n) is 1.93. The molecule has 1 atom stereocenters. The van der Waals surface area contributed by atoms with Gasteiger partial charge in [0, 0.05) is 19.3 Å². The zero-order valence-electron chi connectivity index (χ0n) is 7.50. The highest BCUT2D eigenvalue weighted by Gasteiger charge is 2.04. The number of halogens is 1. The van der Waals surface area contributed by atoms with E-state index in [1.807, 2.05) is 7.05 Å². The molecule has 4 heteroatoms. The fourth-order valence-electron chi connectivity index (χ4n) is 0.999. The Balaban J connectivity index is 2.38. The van der Waals surface area contributed by atoms with Crippen molar-refractivity contribution in [3.05, 3.63) is 12.2 Å². The van der Waals surface area contributed by atoms with Crippen molar-refractivity contribution in [3.8, 4) is 0 Å². The van der Waals surface area contributed by atoms with E-state index in [-0.39, 0.29) is 0 Å². The van der Waals surface area contributed by atoms with Crippen molar-refractivity contribution in [2.45, 2.75) is 19.8 Å². The largest absolute Gasteiger partial charge is 0.253 e. The summed E-state index contributed by atoms with van der Waals surface area (Å²) in [5.74, 6) is 2.31. The molecule has 1 rings (SSSR count). The molecular weight excluding hydrogens is 174 g/mol. The molecule has 0 aliphatic rings. The van der Waals surface area contributed by atoms with Gasteiger partial charge in [0.25, 0.3) is 0 Å². The second-order valence-corrected chi connectivity index (χ2v) is 3.41. The molecule has 0 saturated heterocycles. The molecule has 0 radical (unpaired) electrons. The molecule has 1 unspecified atom stereocenters. The zero-order chi connectivity index (χ0) is 8.97. The molecule has 0 amide bonds. The lowest BCUT2D eigenvalue weighted by molar-refractivity contribution is 0.563. The minimum Gasteiger partial charge on any atom is -0.253 e. The normalized spacial score (nSPS) is 13.2. The van der Waals surface area contributed by atoms with E-state index in [1.165, 1.54) is 0 Å². The van der Waals surface area contributed by atoms with Gasteiger partial charge in [-0.3, -0.25) is 4.68 Å². The molecule has 1 heterocycles. The van der Waals surface area contributed by atoms with Crippen LogP contribution in [0.5, 0.6) is 0 Å². The summed E-state index contributed by atoms with van der Waals surface area (Å²) in [6.07, 6.45) is 3.63. The fourth-order valence-corrected chi connectivity index (χ4v) is 1.15. The average molecular weight is 188 g/mol. The lowest BCUT2D eigenvalue weighted by Gasteiger charge is -2.05. The van der Waals surface area contributed by atoms with E-state index in [4.69, 9.17) is 11.6 Å². The van der Waals surface area contributed by atoms with Gasteiger partial charge in [-0.15, -0.1) is 11.6 Å². The van der Waals surface area contributed by atoms with E-state index in [2.05, 4.69) is 17.0 Å². The number of aryl methyl sites for hydroxylation is 2. The summed E-state index contributed by atoms with van der Waals surface area (Å²) in [7, 11) is 1.91. The van der Waals surface area contributed by atoms with E-state index < -0.39 is 0 Å². The van der Waals surface area contributed by atoms with E-state index in [0.717, 1.165) is 24.5 Å². The zero-order valence-corrected chi connectivity index (χ0v) is 8.25. The van der Waals surface area contributed by atoms with Crippen molar-refractivity contribution in [3.63, 3.8) is 0 Å². The minimum absolute atomic E-state index is 0.559. The van der Waals surface area contributed by atoms with Crippen LogP contribution >= 0.6 is 11.6 Å². The molecule has 1 aromatic heterocycles. The SMILES string of the molecule is CC(CCl)CCc1ncnn1C. The van der Waals surface area contributed by atoms with Crippen molar-refractivity contribution in [2.75, 3.05) is 5.88 Å². The fraction of sp³-hybridized carbons (Fsp3) is 0.750. The van der Waals surface area contributed by atoms with Crippen LogP contribution in [0.15, 0.2) is 6.33 Å². The van der Waals surface area contributed by atoms with Gasteiger partial charge < -0.3 is 0 Å². The molecule has 0 saturated carbocycles. The van der Waals surface area contributed by atoms with Gasteiger partial charge in [0.05, 0.1) is 0 Å². The summed E-state index contributed by atoms with van der Waals surface area (Å²) < 4.78 is 1.81.